The van der Waals surface area contributed by atoms with Crippen LogP contribution in [-0.4, -0.2) is 52.6 Å². The van der Waals surface area contributed by atoms with E-state index >= 15 is 0 Å². The van der Waals surface area contributed by atoms with Crippen LogP contribution in [0.4, 0.5) is 0 Å². The second kappa shape index (κ2) is 15.5. The number of carbonyl (C=O) groups excluding carboxylic acids is 1. The molecule has 0 radical (unpaired) electrons. The summed E-state index contributed by atoms with van der Waals surface area (Å²) in [4.78, 5) is 11.9. The minimum absolute atomic E-state index is 0.119. The highest BCUT2D eigenvalue weighted by molar-refractivity contribution is 7.91. The Hall–Kier alpha value is -3.96. The normalized spacial score (nSPS) is 12.1. The molecular formula is C37H38ClNO7S2. The van der Waals surface area contributed by atoms with Gasteiger partial charge in [-0.25, -0.2) is 8.42 Å². The maximum absolute atomic E-state index is 13.7. The van der Waals surface area contributed by atoms with Crippen LogP contribution in [-0.2, 0) is 52.9 Å². The number of hydrogen-bond acceptors (Lipinski definition) is 7. The van der Waals surface area contributed by atoms with Crippen molar-refractivity contribution in [2.24, 2.45) is 0 Å². The van der Waals surface area contributed by atoms with E-state index in [0.717, 1.165) is 45.1 Å². The second-order valence-electron chi connectivity index (χ2n) is 11.5. The highest BCUT2D eigenvalue weighted by Gasteiger charge is 2.27. The molecule has 0 aliphatic heterocycles. The van der Waals surface area contributed by atoms with Crippen LogP contribution >= 0.6 is 11.6 Å². The van der Waals surface area contributed by atoms with Crippen LogP contribution in [0.1, 0.15) is 47.3 Å². The lowest BCUT2D eigenvalue weighted by molar-refractivity contribution is -0.143. The molecule has 0 aliphatic rings. The smallest absolute Gasteiger partial charge is 0.306 e. The lowest BCUT2D eigenvalue weighted by Crippen LogP contribution is -2.18. The summed E-state index contributed by atoms with van der Waals surface area (Å²) in [6, 6.07) is 31.7. The van der Waals surface area contributed by atoms with Gasteiger partial charge in [-0.1, -0.05) is 84.4 Å². The summed E-state index contributed by atoms with van der Waals surface area (Å²) in [6.45, 7) is 1.94. The fourth-order valence-electron chi connectivity index (χ4n) is 6.00. The van der Waals surface area contributed by atoms with Gasteiger partial charge in [0.15, 0.2) is 9.84 Å². The van der Waals surface area contributed by atoms with Crippen molar-refractivity contribution in [3.63, 3.8) is 0 Å². The van der Waals surface area contributed by atoms with Gasteiger partial charge in [0.25, 0.3) is 10.1 Å². The van der Waals surface area contributed by atoms with Crippen LogP contribution in [0.2, 0.25) is 5.02 Å². The largest absolute Gasteiger partial charge is 0.466 e. The number of hydrogen-bond donors (Lipinski definition) is 0. The monoisotopic (exact) mass is 707 g/mol. The van der Waals surface area contributed by atoms with E-state index in [2.05, 4.69) is 4.57 Å². The minimum Gasteiger partial charge on any atom is -0.466 e. The zero-order chi connectivity index (χ0) is 34.3. The highest BCUT2D eigenvalue weighted by Crippen LogP contribution is 2.38. The third-order valence-corrected chi connectivity index (χ3v) is 10.7. The Labute approximate surface area is 287 Å². The Bertz CT molecular complexity index is 2040. The molecule has 0 unspecified atom stereocenters. The van der Waals surface area contributed by atoms with E-state index in [9.17, 15) is 21.6 Å². The van der Waals surface area contributed by atoms with E-state index in [0.29, 0.717) is 18.1 Å². The molecule has 48 heavy (non-hydrogen) atoms. The van der Waals surface area contributed by atoms with Crippen LogP contribution in [0, 0.1) is 0 Å². The summed E-state index contributed by atoms with van der Waals surface area (Å²) in [7, 11) is -7.45. The van der Waals surface area contributed by atoms with Crippen molar-refractivity contribution in [3.05, 3.63) is 136 Å². The number of sulfone groups is 1. The molecule has 0 fully saturated rings. The lowest BCUT2D eigenvalue weighted by atomic mass is 9.97. The Morgan fingerprint density at radius 1 is 0.812 bits per heavy atom. The van der Waals surface area contributed by atoms with Crippen molar-refractivity contribution in [3.8, 4) is 0 Å². The first-order valence-corrected chi connectivity index (χ1v) is 19.5. The lowest BCUT2D eigenvalue weighted by Gasteiger charge is -2.25. The van der Waals surface area contributed by atoms with E-state index in [1.807, 2.05) is 72.8 Å². The topological polar surface area (TPSA) is 109 Å². The number of nitrogens with zero attached hydrogens (tertiary/aromatic N) is 1. The van der Waals surface area contributed by atoms with Crippen LogP contribution in [0.15, 0.2) is 108 Å². The van der Waals surface area contributed by atoms with Gasteiger partial charge in [-0.15, -0.1) is 0 Å². The molecule has 1 heterocycles. The third-order valence-electron chi connectivity index (χ3n) is 8.13. The molecule has 1 aromatic heterocycles. The predicted molar refractivity (Wildman–Crippen MR) is 189 cm³/mol. The molecule has 4 aromatic carbocycles. The average molecular weight is 708 g/mol. The van der Waals surface area contributed by atoms with Crippen molar-refractivity contribution in [1.29, 1.82) is 0 Å². The van der Waals surface area contributed by atoms with Crippen LogP contribution in [0.5, 0.6) is 0 Å². The maximum Gasteiger partial charge on any atom is 0.306 e. The fourth-order valence-corrected chi connectivity index (χ4v) is 7.82. The molecule has 11 heteroatoms. The molecule has 0 spiro atoms. The Balaban J connectivity index is 1.57. The molecule has 0 saturated carbocycles. The molecule has 8 nitrogen and oxygen atoms in total. The number of fused-ring (bicyclic) bond motifs is 1. The van der Waals surface area contributed by atoms with Gasteiger partial charge in [-0.2, -0.15) is 8.42 Å². The molecule has 0 amide bonds. The number of aromatic nitrogens is 1. The number of aryl methyl sites for hydroxylation is 2. The molecule has 0 atom stereocenters. The summed E-state index contributed by atoms with van der Waals surface area (Å²) >= 11 is 6.53. The zero-order valence-corrected chi connectivity index (χ0v) is 29.2. The molecule has 0 aliphatic carbocycles. The number of esters is 1. The van der Waals surface area contributed by atoms with E-state index in [1.165, 1.54) is 0 Å². The zero-order valence-electron chi connectivity index (χ0n) is 26.8. The van der Waals surface area contributed by atoms with E-state index in [4.69, 9.17) is 20.5 Å². The highest BCUT2D eigenvalue weighted by atomic mass is 35.5. The van der Waals surface area contributed by atoms with Crippen molar-refractivity contribution < 1.29 is 30.6 Å². The van der Waals surface area contributed by atoms with Gasteiger partial charge in [-0.3, -0.25) is 8.98 Å². The second-order valence-corrected chi connectivity index (χ2v) is 15.7. The van der Waals surface area contributed by atoms with Crippen LogP contribution in [0.25, 0.3) is 10.9 Å². The average Bonchev–Trinajstić information content (AvgIpc) is 3.35. The Kier molecular flexibility index (Phi) is 11.4. The van der Waals surface area contributed by atoms with E-state index < -0.39 is 20.0 Å². The van der Waals surface area contributed by atoms with Crippen LogP contribution < -0.4 is 0 Å². The standard InChI is InChI=1S/C37H38ClNO7S2/c1-3-45-36(40)21-16-27-14-18-31(19-15-27)48(43,44)25-23-32-33-26-30(38)17-20-34(33)39(35(32)22-24-46-47(2,41)42)37(28-10-6-4-7-11-28)29-12-8-5-9-13-29/h4-15,17-20,26,37H,3,16,21-25H2,1-2H3. The molecule has 5 rings (SSSR count). The van der Waals surface area contributed by atoms with Gasteiger partial charge in [0.05, 0.1) is 36.2 Å². The van der Waals surface area contributed by atoms with Crippen molar-refractivity contribution in [2.75, 3.05) is 25.2 Å². The maximum atomic E-state index is 13.7. The number of halogens is 1. The number of carbonyl (C=O) groups is 1. The molecule has 0 saturated heterocycles. The molecular weight excluding hydrogens is 670 g/mol. The van der Waals surface area contributed by atoms with Gasteiger partial charge in [0, 0.05) is 34.5 Å². The quantitative estimate of drug-likeness (QED) is 0.0855. The minimum atomic E-state index is -3.73. The summed E-state index contributed by atoms with van der Waals surface area (Å²) < 4.78 is 63.7. The van der Waals surface area contributed by atoms with E-state index in [1.54, 1.807) is 37.3 Å². The Morgan fingerprint density at radius 3 is 2.02 bits per heavy atom. The number of benzene rings is 4. The summed E-state index contributed by atoms with van der Waals surface area (Å²) in [6.07, 6.45) is 2.03. The SMILES string of the molecule is CCOC(=O)CCc1ccc(S(=O)(=O)CCc2c(CCOS(C)(=O)=O)n(C(c3ccccc3)c3ccccc3)c3ccc(Cl)cc23)cc1. The first-order valence-electron chi connectivity index (χ1n) is 15.7. The molecule has 0 N–H and O–H groups in total. The van der Waals surface area contributed by atoms with Gasteiger partial charge < -0.3 is 9.30 Å². The molecule has 0 bridgehead atoms. The van der Waals surface area contributed by atoms with Gasteiger partial charge in [-0.05, 0) is 72.4 Å². The van der Waals surface area contributed by atoms with Gasteiger partial charge in [0.1, 0.15) is 0 Å². The van der Waals surface area contributed by atoms with Crippen molar-refractivity contribution >= 4 is 48.4 Å². The first kappa shape index (κ1) is 35.3. The van der Waals surface area contributed by atoms with Crippen molar-refractivity contribution in [1.82, 2.24) is 4.57 Å². The summed E-state index contributed by atoms with van der Waals surface area (Å²) in [5.41, 5.74) is 5.20. The van der Waals surface area contributed by atoms with Gasteiger partial charge >= 0.3 is 5.97 Å². The van der Waals surface area contributed by atoms with E-state index in [-0.39, 0.29) is 48.5 Å². The van der Waals surface area contributed by atoms with Crippen molar-refractivity contribution in [2.45, 2.75) is 43.5 Å². The number of ether oxygens (including phenoxy) is 1. The first-order chi connectivity index (χ1) is 23.0. The molecule has 252 valence electrons. The van der Waals surface area contributed by atoms with Gasteiger partial charge in [0.2, 0.25) is 0 Å². The molecule has 5 aromatic rings. The summed E-state index contributed by atoms with van der Waals surface area (Å²) in [5.74, 6) is -0.491. The van der Waals surface area contributed by atoms with Crippen LogP contribution in [0.3, 0.4) is 0 Å². The Morgan fingerprint density at radius 2 is 1.44 bits per heavy atom. The third kappa shape index (κ3) is 8.73. The summed E-state index contributed by atoms with van der Waals surface area (Å²) in [5, 5.41) is 1.29. The fraction of sp³-hybridized carbons (Fsp3) is 0.270. The number of rotatable bonds is 15. The predicted octanol–water partition coefficient (Wildman–Crippen LogP) is 6.96.